The zero-order valence-electron chi connectivity index (χ0n) is 19.6. The van der Waals surface area contributed by atoms with Crippen LogP contribution in [0, 0.1) is 0 Å². The van der Waals surface area contributed by atoms with Crippen molar-refractivity contribution in [3.8, 4) is 17.2 Å². The number of nitrogens with zero attached hydrogens (tertiary/aromatic N) is 2. The highest BCUT2D eigenvalue weighted by atomic mass is 16.5. The summed E-state index contributed by atoms with van der Waals surface area (Å²) in [4.78, 5) is 30.1. The standard InChI is InChI=1S/C24H30N2O7/c1-6-25(7-2)10-11-26-20(15-13-17(30-3)23(32-5)18(14-15)31-4)19(22(28)24(26)29)21(27)16-9-8-12-33-16/h8-9,12-14,20,28H,6-7,10-11H2,1-5H3/t20-/m0/s1. The molecule has 1 aliphatic rings. The van der Waals surface area contributed by atoms with Crippen LogP contribution < -0.4 is 14.2 Å². The Morgan fingerprint density at radius 3 is 2.24 bits per heavy atom. The summed E-state index contributed by atoms with van der Waals surface area (Å²) in [6, 6.07) is 5.57. The van der Waals surface area contributed by atoms with E-state index in [1.807, 2.05) is 13.8 Å². The van der Waals surface area contributed by atoms with E-state index in [9.17, 15) is 14.7 Å². The fourth-order valence-corrected chi connectivity index (χ4v) is 4.05. The minimum absolute atomic E-state index is 0.0346. The average Bonchev–Trinajstić information content (AvgIpc) is 3.46. The van der Waals surface area contributed by atoms with E-state index in [0.717, 1.165) is 13.1 Å². The molecule has 2 heterocycles. The normalized spacial score (nSPS) is 16.0. The second kappa shape index (κ2) is 10.4. The van der Waals surface area contributed by atoms with E-state index < -0.39 is 23.5 Å². The van der Waals surface area contributed by atoms with Crippen molar-refractivity contribution in [2.75, 3.05) is 47.5 Å². The van der Waals surface area contributed by atoms with E-state index >= 15 is 0 Å². The number of methoxy groups -OCH3 is 3. The van der Waals surface area contributed by atoms with Gasteiger partial charge in [-0.25, -0.2) is 0 Å². The Hall–Kier alpha value is -3.46. The molecular formula is C24H30N2O7. The van der Waals surface area contributed by atoms with Crippen LogP contribution in [0.4, 0.5) is 0 Å². The topological polar surface area (TPSA) is 102 Å². The Labute approximate surface area is 193 Å². The minimum Gasteiger partial charge on any atom is -0.503 e. The number of hydrogen-bond acceptors (Lipinski definition) is 8. The zero-order valence-corrected chi connectivity index (χ0v) is 19.6. The van der Waals surface area contributed by atoms with Crippen LogP contribution in [0.15, 0.2) is 46.3 Å². The summed E-state index contributed by atoms with van der Waals surface area (Å²) in [7, 11) is 4.47. The number of ketones is 1. The van der Waals surface area contributed by atoms with Crippen molar-refractivity contribution in [3.05, 3.63) is 53.2 Å². The smallest absolute Gasteiger partial charge is 0.290 e. The van der Waals surface area contributed by atoms with Crippen molar-refractivity contribution in [2.45, 2.75) is 19.9 Å². The molecular weight excluding hydrogens is 428 g/mol. The van der Waals surface area contributed by atoms with Crippen molar-refractivity contribution >= 4 is 11.7 Å². The van der Waals surface area contributed by atoms with Crippen molar-refractivity contribution in [1.82, 2.24) is 9.80 Å². The maximum absolute atomic E-state index is 13.3. The first-order valence-corrected chi connectivity index (χ1v) is 10.8. The van der Waals surface area contributed by atoms with Gasteiger partial charge >= 0.3 is 0 Å². The molecule has 9 nitrogen and oxygen atoms in total. The molecule has 33 heavy (non-hydrogen) atoms. The molecule has 1 amide bonds. The van der Waals surface area contributed by atoms with Crippen molar-refractivity contribution < 1.29 is 33.3 Å². The van der Waals surface area contributed by atoms with E-state index in [0.29, 0.717) is 35.9 Å². The summed E-state index contributed by atoms with van der Waals surface area (Å²) in [5, 5.41) is 10.8. The number of aliphatic hydroxyl groups is 1. The maximum Gasteiger partial charge on any atom is 0.290 e. The van der Waals surface area contributed by atoms with E-state index in [1.165, 1.54) is 38.6 Å². The lowest BCUT2D eigenvalue weighted by atomic mass is 9.94. The molecule has 0 fully saturated rings. The van der Waals surface area contributed by atoms with Gasteiger partial charge in [0.25, 0.3) is 5.91 Å². The average molecular weight is 459 g/mol. The third kappa shape index (κ3) is 4.54. The summed E-state index contributed by atoms with van der Waals surface area (Å²) in [6.07, 6.45) is 1.37. The number of rotatable bonds is 11. The Balaban J connectivity index is 2.13. The SMILES string of the molecule is CCN(CC)CCN1C(=O)C(O)=C(C(=O)c2ccco2)[C@@H]1c1cc(OC)c(OC)c(OC)c1. The number of Topliss-reactive ketones (excluding diaryl/α,β-unsaturated/α-hetero) is 1. The highest BCUT2D eigenvalue weighted by molar-refractivity contribution is 6.15. The Morgan fingerprint density at radius 1 is 1.12 bits per heavy atom. The second-order valence-electron chi connectivity index (χ2n) is 7.46. The van der Waals surface area contributed by atoms with Gasteiger partial charge in [0.1, 0.15) is 0 Å². The fourth-order valence-electron chi connectivity index (χ4n) is 4.05. The third-order valence-corrected chi connectivity index (χ3v) is 5.85. The van der Waals surface area contributed by atoms with Crippen LogP contribution in [0.25, 0.3) is 0 Å². The molecule has 0 unspecified atom stereocenters. The van der Waals surface area contributed by atoms with Gasteiger partial charge in [0.15, 0.2) is 23.0 Å². The first-order valence-electron chi connectivity index (χ1n) is 10.8. The molecule has 2 aromatic rings. The van der Waals surface area contributed by atoms with Gasteiger partial charge in [0.2, 0.25) is 11.5 Å². The van der Waals surface area contributed by atoms with Crippen LogP contribution in [0.2, 0.25) is 0 Å². The molecule has 0 saturated carbocycles. The molecule has 0 bridgehead atoms. The van der Waals surface area contributed by atoms with E-state index in [4.69, 9.17) is 18.6 Å². The predicted molar refractivity (Wildman–Crippen MR) is 121 cm³/mol. The molecule has 1 aliphatic heterocycles. The highest BCUT2D eigenvalue weighted by Gasteiger charge is 2.45. The summed E-state index contributed by atoms with van der Waals surface area (Å²) < 4.78 is 21.6. The minimum atomic E-state index is -0.862. The summed E-state index contributed by atoms with van der Waals surface area (Å²) in [5.74, 6) is -0.596. The molecule has 0 radical (unpaired) electrons. The van der Waals surface area contributed by atoms with Crippen LogP contribution in [0.5, 0.6) is 17.2 Å². The maximum atomic E-state index is 13.3. The van der Waals surface area contributed by atoms with Crippen LogP contribution in [-0.2, 0) is 4.79 Å². The third-order valence-electron chi connectivity index (χ3n) is 5.85. The van der Waals surface area contributed by atoms with E-state index in [-0.39, 0.29) is 11.3 Å². The van der Waals surface area contributed by atoms with Crippen molar-refractivity contribution in [2.24, 2.45) is 0 Å². The lowest BCUT2D eigenvalue weighted by Crippen LogP contribution is -2.38. The number of hydrogen-bond donors (Lipinski definition) is 1. The monoisotopic (exact) mass is 458 g/mol. The molecule has 9 heteroatoms. The molecule has 1 N–H and O–H groups in total. The number of carbonyl (C=O) groups is 2. The molecule has 1 aromatic carbocycles. The lowest BCUT2D eigenvalue weighted by molar-refractivity contribution is -0.129. The van der Waals surface area contributed by atoms with Crippen LogP contribution in [0.3, 0.4) is 0 Å². The number of carbonyl (C=O) groups excluding carboxylic acids is 2. The largest absolute Gasteiger partial charge is 0.503 e. The second-order valence-corrected chi connectivity index (χ2v) is 7.46. The van der Waals surface area contributed by atoms with Crippen LogP contribution >= 0.6 is 0 Å². The van der Waals surface area contributed by atoms with Gasteiger partial charge in [-0.1, -0.05) is 13.8 Å². The van der Waals surface area contributed by atoms with Gasteiger partial charge < -0.3 is 33.5 Å². The number of benzene rings is 1. The fraction of sp³-hybridized carbons (Fsp3) is 0.417. The van der Waals surface area contributed by atoms with E-state index in [2.05, 4.69) is 4.90 Å². The van der Waals surface area contributed by atoms with Gasteiger partial charge in [-0.3, -0.25) is 9.59 Å². The molecule has 1 atom stereocenters. The number of amides is 1. The molecule has 0 spiro atoms. The molecule has 1 aromatic heterocycles. The van der Waals surface area contributed by atoms with Crippen molar-refractivity contribution in [3.63, 3.8) is 0 Å². The summed E-state index contributed by atoms with van der Waals surface area (Å²) >= 11 is 0. The summed E-state index contributed by atoms with van der Waals surface area (Å²) in [6.45, 7) is 6.58. The van der Waals surface area contributed by atoms with Crippen LogP contribution in [-0.4, -0.2) is 74.1 Å². The van der Waals surface area contributed by atoms with Gasteiger partial charge in [-0.05, 0) is 42.9 Å². The first kappa shape index (κ1) is 24.2. The predicted octanol–water partition coefficient (Wildman–Crippen LogP) is 3.23. The summed E-state index contributed by atoms with van der Waals surface area (Å²) in [5.41, 5.74) is 0.486. The molecule has 0 saturated heterocycles. The Morgan fingerprint density at radius 2 is 1.76 bits per heavy atom. The Kier molecular flexibility index (Phi) is 7.65. The molecule has 0 aliphatic carbocycles. The number of aliphatic hydroxyl groups excluding tert-OH is 1. The number of likely N-dealkylation sites (N-methyl/N-ethyl adjacent to an activating group) is 1. The van der Waals surface area contributed by atoms with Gasteiger partial charge in [-0.15, -0.1) is 0 Å². The molecule has 3 rings (SSSR count). The van der Waals surface area contributed by atoms with Crippen molar-refractivity contribution in [1.29, 1.82) is 0 Å². The number of furan rings is 1. The Bertz CT molecular complexity index is 1000. The highest BCUT2D eigenvalue weighted by Crippen LogP contribution is 2.45. The van der Waals surface area contributed by atoms with Crippen LogP contribution in [0.1, 0.15) is 36.0 Å². The quantitative estimate of drug-likeness (QED) is 0.512. The first-order chi connectivity index (χ1) is 15.9. The van der Waals surface area contributed by atoms with Gasteiger partial charge in [-0.2, -0.15) is 0 Å². The lowest BCUT2D eigenvalue weighted by Gasteiger charge is -2.30. The van der Waals surface area contributed by atoms with Gasteiger partial charge in [0, 0.05) is 13.1 Å². The zero-order chi connectivity index (χ0) is 24.1. The number of ether oxygens (including phenoxy) is 3. The van der Waals surface area contributed by atoms with E-state index in [1.54, 1.807) is 18.2 Å². The molecule has 178 valence electrons. The van der Waals surface area contributed by atoms with Gasteiger partial charge in [0.05, 0.1) is 39.2 Å².